The fraction of sp³-hybridized carbons (Fsp3) is 0.0500. The summed E-state index contributed by atoms with van der Waals surface area (Å²) in [5, 5.41) is 12.2. The second kappa shape index (κ2) is 8.06. The number of rotatable bonds is 7. The summed E-state index contributed by atoms with van der Waals surface area (Å²) in [4.78, 5) is 21.8. The van der Waals surface area contributed by atoms with E-state index in [-0.39, 0.29) is 17.1 Å². The number of ether oxygens (including phenoxy) is 1. The monoisotopic (exact) mass is 397 g/mol. The molecule has 142 valence electrons. The van der Waals surface area contributed by atoms with Crippen LogP contribution in [0, 0.1) is 10.1 Å². The van der Waals surface area contributed by atoms with Crippen LogP contribution in [0.4, 0.5) is 5.69 Å². The first-order valence-corrected chi connectivity index (χ1v) is 9.84. The number of hydrogen-bond acceptors (Lipinski definition) is 6. The molecule has 8 heteroatoms. The Kier molecular flexibility index (Phi) is 5.57. The highest BCUT2D eigenvalue weighted by molar-refractivity contribution is 7.74. The number of nitro groups is 1. The van der Waals surface area contributed by atoms with E-state index < -0.39 is 18.0 Å². The van der Waals surface area contributed by atoms with Gasteiger partial charge in [0.25, 0.3) is 5.69 Å². The molecule has 0 aromatic heterocycles. The lowest BCUT2D eigenvalue weighted by molar-refractivity contribution is -0.385. The first-order valence-electron chi connectivity index (χ1n) is 8.22. The zero-order valence-corrected chi connectivity index (χ0v) is 15.7. The lowest BCUT2D eigenvalue weighted by Gasteiger charge is -2.21. The normalized spacial score (nSPS) is 10.9. The van der Waals surface area contributed by atoms with Gasteiger partial charge in [-0.05, 0) is 24.3 Å². The fourth-order valence-corrected chi connectivity index (χ4v) is 4.75. The molecule has 3 rings (SSSR count). The molecule has 0 bridgehead atoms. The lowest BCUT2D eigenvalue weighted by Crippen LogP contribution is -2.20. The molecule has 0 aliphatic carbocycles. The minimum Gasteiger partial charge on any atom is -0.493 e. The summed E-state index contributed by atoms with van der Waals surface area (Å²) in [6.45, 7) is 0. The van der Waals surface area contributed by atoms with E-state index in [4.69, 9.17) is 9.26 Å². The Morgan fingerprint density at radius 2 is 1.46 bits per heavy atom. The predicted molar refractivity (Wildman–Crippen MR) is 105 cm³/mol. The van der Waals surface area contributed by atoms with E-state index in [2.05, 4.69) is 0 Å². The van der Waals surface area contributed by atoms with Gasteiger partial charge in [0, 0.05) is 6.07 Å². The van der Waals surface area contributed by atoms with Crippen molar-refractivity contribution in [3.8, 4) is 11.5 Å². The largest absolute Gasteiger partial charge is 0.493 e. The second-order valence-corrected chi connectivity index (χ2v) is 8.07. The van der Waals surface area contributed by atoms with Crippen molar-refractivity contribution in [3.05, 3.63) is 88.5 Å². The van der Waals surface area contributed by atoms with Crippen molar-refractivity contribution >= 4 is 30.0 Å². The van der Waals surface area contributed by atoms with Crippen LogP contribution in [-0.4, -0.2) is 18.3 Å². The Morgan fingerprint density at radius 1 is 0.929 bits per heavy atom. The van der Waals surface area contributed by atoms with Gasteiger partial charge in [-0.2, -0.15) is 0 Å². The van der Waals surface area contributed by atoms with Crippen LogP contribution in [-0.2, 0) is 4.57 Å². The molecule has 0 atom stereocenters. The molecule has 0 aliphatic heterocycles. The molecule has 0 aliphatic rings. The number of carbonyl (C=O) groups is 1. The molecule has 3 aromatic carbocycles. The smallest absolute Gasteiger partial charge is 0.306 e. The Balaban J connectivity index is 2.20. The van der Waals surface area contributed by atoms with E-state index in [1.165, 1.54) is 13.2 Å². The SMILES string of the molecule is COc1cc(C=O)c([N+](=O)[O-])cc1OP(=O)(c1ccccc1)c1ccccc1. The highest BCUT2D eigenvalue weighted by Crippen LogP contribution is 2.48. The van der Waals surface area contributed by atoms with Gasteiger partial charge < -0.3 is 9.26 Å². The third kappa shape index (κ3) is 3.66. The van der Waals surface area contributed by atoms with Gasteiger partial charge in [-0.1, -0.05) is 36.4 Å². The summed E-state index contributed by atoms with van der Waals surface area (Å²) < 4.78 is 25.1. The third-order valence-electron chi connectivity index (χ3n) is 4.06. The molecule has 0 fully saturated rings. The number of nitro benzene ring substituents is 1. The van der Waals surface area contributed by atoms with Crippen LogP contribution in [0.25, 0.3) is 0 Å². The van der Waals surface area contributed by atoms with E-state index >= 15 is 0 Å². The van der Waals surface area contributed by atoms with Crippen molar-refractivity contribution in [1.29, 1.82) is 0 Å². The molecule has 0 saturated heterocycles. The van der Waals surface area contributed by atoms with Crippen LogP contribution in [0.5, 0.6) is 11.5 Å². The molecule has 0 unspecified atom stereocenters. The van der Waals surface area contributed by atoms with Crippen LogP contribution in [0.1, 0.15) is 10.4 Å². The van der Waals surface area contributed by atoms with Crippen molar-refractivity contribution in [2.75, 3.05) is 7.11 Å². The van der Waals surface area contributed by atoms with Gasteiger partial charge in [0.1, 0.15) is 0 Å². The van der Waals surface area contributed by atoms with Crippen LogP contribution in [0.2, 0.25) is 0 Å². The first kappa shape index (κ1) is 19.3. The van der Waals surface area contributed by atoms with Crippen LogP contribution in [0.15, 0.2) is 72.8 Å². The zero-order valence-electron chi connectivity index (χ0n) is 14.8. The van der Waals surface area contributed by atoms with E-state index in [0.29, 0.717) is 16.9 Å². The topological polar surface area (TPSA) is 95.7 Å². The summed E-state index contributed by atoms with van der Waals surface area (Å²) in [6, 6.07) is 19.4. The van der Waals surface area contributed by atoms with Gasteiger partial charge in [-0.3, -0.25) is 19.5 Å². The van der Waals surface area contributed by atoms with Crippen molar-refractivity contribution in [2.24, 2.45) is 0 Å². The molecular weight excluding hydrogens is 381 g/mol. The molecule has 28 heavy (non-hydrogen) atoms. The standard InChI is InChI=1S/C20H16NO6P/c1-26-19-12-15(14-22)18(21(23)24)13-20(19)27-28(25,16-8-4-2-5-9-16)17-10-6-3-7-11-17/h2-14H,1H3. The van der Waals surface area contributed by atoms with Crippen LogP contribution in [0.3, 0.4) is 0 Å². The molecular formula is C20H16NO6P. The van der Waals surface area contributed by atoms with Crippen molar-refractivity contribution < 1.29 is 23.5 Å². The van der Waals surface area contributed by atoms with Gasteiger partial charge in [0.15, 0.2) is 17.8 Å². The summed E-state index contributed by atoms with van der Waals surface area (Å²) in [5.74, 6) is -0.0179. The van der Waals surface area contributed by atoms with Crippen molar-refractivity contribution in [1.82, 2.24) is 0 Å². The van der Waals surface area contributed by atoms with Crippen LogP contribution < -0.4 is 19.9 Å². The number of hydrogen-bond donors (Lipinski definition) is 0. The average molecular weight is 397 g/mol. The second-order valence-electron chi connectivity index (χ2n) is 5.75. The molecule has 3 aromatic rings. The average Bonchev–Trinajstić information content (AvgIpc) is 2.74. The molecule has 0 amide bonds. The lowest BCUT2D eigenvalue weighted by atomic mass is 10.2. The molecule has 0 radical (unpaired) electrons. The Bertz CT molecular complexity index is 1010. The third-order valence-corrected chi connectivity index (χ3v) is 6.47. The Labute approximate surface area is 161 Å². The van der Waals surface area contributed by atoms with E-state index in [9.17, 15) is 19.5 Å². The zero-order chi connectivity index (χ0) is 20.1. The van der Waals surface area contributed by atoms with Gasteiger partial charge >= 0.3 is 7.37 Å². The van der Waals surface area contributed by atoms with E-state index in [1.807, 2.05) is 0 Å². The number of benzene rings is 3. The summed E-state index contributed by atoms with van der Waals surface area (Å²) >= 11 is 0. The number of carbonyl (C=O) groups excluding carboxylic acids is 1. The quantitative estimate of drug-likeness (QED) is 0.261. The summed E-state index contributed by atoms with van der Waals surface area (Å²) in [7, 11) is -2.32. The number of methoxy groups -OCH3 is 1. The minimum atomic E-state index is -3.65. The summed E-state index contributed by atoms with van der Waals surface area (Å²) in [6.07, 6.45) is 0.360. The van der Waals surface area contributed by atoms with Crippen LogP contribution >= 0.6 is 7.37 Å². The predicted octanol–water partition coefficient (Wildman–Crippen LogP) is 3.72. The molecule has 0 spiro atoms. The van der Waals surface area contributed by atoms with Gasteiger partial charge in [0.05, 0.1) is 34.3 Å². The maximum atomic E-state index is 14.0. The number of nitrogens with zero attached hydrogens (tertiary/aromatic N) is 1. The highest BCUT2D eigenvalue weighted by atomic mass is 31.2. The first-order chi connectivity index (χ1) is 13.5. The molecule has 0 saturated carbocycles. The summed E-state index contributed by atoms with van der Waals surface area (Å²) in [5.41, 5.74) is -0.623. The molecule has 0 heterocycles. The molecule has 0 N–H and O–H groups in total. The molecule has 7 nitrogen and oxygen atoms in total. The maximum absolute atomic E-state index is 14.0. The number of aldehydes is 1. The maximum Gasteiger partial charge on any atom is 0.306 e. The Morgan fingerprint density at radius 3 is 1.89 bits per heavy atom. The highest BCUT2D eigenvalue weighted by Gasteiger charge is 2.32. The van der Waals surface area contributed by atoms with E-state index in [1.54, 1.807) is 60.7 Å². The van der Waals surface area contributed by atoms with Gasteiger partial charge in [-0.25, -0.2) is 0 Å². The van der Waals surface area contributed by atoms with Crippen molar-refractivity contribution in [2.45, 2.75) is 0 Å². The Hall–Kier alpha value is -3.44. The minimum absolute atomic E-state index is 0.0692. The van der Waals surface area contributed by atoms with Gasteiger partial charge in [0.2, 0.25) is 0 Å². The fourth-order valence-electron chi connectivity index (χ4n) is 2.69. The van der Waals surface area contributed by atoms with Gasteiger partial charge in [-0.15, -0.1) is 0 Å². The van der Waals surface area contributed by atoms with E-state index in [0.717, 1.165) is 6.07 Å². The van der Waals surface area contributed by atoms with Crippen molar-refractivity contribution in [3.63, 3.8) is 0 Å².